The zero-order valence-electron chi connectivity index (χ0n) is 7.96. The van der Waals surface area contributed by atoms with Gasteiger partial charge in [-0.05, 0) is 17.5 Å². The Morgan fingerprint density at radius 1 is 1.31 bits per heavy atom. The molecule has 68 valence electrons. The molecule has 0 amide bonds. The molecule has 1 unspecified atom stereocenters. The van der Waals surface area contributed by atoms with Crippen molar-refractivity contribution in [3.05, 3.63) is 47.5 Å². The molecule has 0 saturated heterocycles. The van der Waals surface area contributed by atoms with Crippen LogP contribution in [0.4, 0.5) is 0 Å². The van der Waals surface area contributed by atoms with E-state index in [1.54, 1.807) is 0 Å². The summed E-state index contributed by atoms with van der Waals surface area (Å²) in [5.74, 6) is 0. The van der Waals surface area contributed by atoms with E-state index in [0.29, 0.717) is 6.04 Å². The molecular formula is C12H15N. The van der Waals surface area contributed by atoms with Crippen LogP contribution in [0.25, 0.3) is 0 Å². The van der Waals surface area contributed by atoms with Crippen LogP contribution in [-0.4, -0.2) is 6.54 Å². The summed E-state index contributed by atoms with van der Waals surface area (Å²) in [4.78, 5) is 0. The number of rotatable bonds is 2. The summed E-state index contributed by atoms with van der Waals surface area (Å²) >= 11 is 0. The Morgan fingerprint density at radius 2 is 2.08 bits per heavy atom. The lowest BCUT2D eigenvalue weighted by atomic mass is 10.0. The highest BCUT2D eigenvalue weighted by molar-refractivity contribution is 5.29. The monoisotopic (exact) mass is 173 g/mol. The summed E-state index contributed by atoms with van der Waals surface area (Å²) in [6.45, 7) is 3.18. The zero-order chi connectivity index (χ0) is 9.10. The highest BCUT2D eigenvalue weighted by Crippen LogP contribution is 2.17. The number of hydrogen-bond donors (Lipinski definition) is 1. The van der Waals surface area contributed by atoms with E-state index in [-0.39, 0.29) is 0 Å². The van der Waals surface area contributed by atoms with Gasteiger partial charge in [-0.15, -0.1) is 0 Å². The van der Waals surface area contributed by atoms with Crippen LogP contribution in [0.1, 0.15) is 24.1 Å². The Balaban J connectivity index is 2.17. The molecule has 1 atom stereocenters. The van der Waals surface area contributed by atoms with Crippen molar-refractivity contribution >= 4 is 0 Å². The molecule has 0 radical (unpaired) electrons. The highest BCUT2D eigenvalue weighted by Gasteiger charge is 2.09. The first kappa shape index (κ1) is 8.52. The Kier molecular flexibility index (Phi) is 2.46. The summed E-state index contributed by atoms with van der Waals surface area (Å²) in [7, 11) is 0. The van der Waals surface area contributed by atoms with Crippen molar-refractivity contribution in [1.29, 1.82) is 0 Å². The SMILES string of the molecule is CCc1ccc(C2C=CCN2)cc1. The van der Waals surface area contributed by atoms with Gasteiger partial charge in [0.05, 0.1) is 6.04 Å². The lowest BCUT2D eigenvalue weighted by molar-refractivity contribution is 0.712. The minimum absolute atomic E-state index is 0.436. The minimum atomic E-state index is 0.436. The third-order valence-corrected chi connectivity index (χ3v) is 2.53. The lowest BCUT2D eigenvalue weighted by Crippen LogP contribution is -2.13. The predicted molar refractivity (Wildman–Crippen MR) is 55.7 cm³/mol. The van der Waals surface area contributed by atoms with Gasteiger partial charge in [0, 0.05) is 6.54 Å². The fourth-order valence-corrected chi connectivity index (χ4v) is 1.66. The van der Waals surface area contributed by atoms with E-state index in [1.165, 1.54) is 11.1 Å². The van der Waals surface area contributed by atoms with Crippen LogP contribution >= 0.6 is 0 Å². The van der Waals surface area contributed by atoms with Gasteiger partial charge in [0.15, 0.2) is 0 Å². The molecule has 1 aromatic rings. The second-order valence-electron chi connectivity index (χ2n) is 3.41. The van der Waals surface area contributed by atoms with Crippen LogP contribution in [0.15, 0.2) is 36.4 Å². The molecule has 0 spiro atoms. The molecule has 0 bridgehead atoms. The Hall–Kier alpha value is -1.08. The van der Waals surface area contributed by atoms with Crippen LogP contribution in [0, 0.1) is 0 Å². The van der Waals surface area contributed by atoms with Crippen molar-refractivity contribution in [1.82, 2.24) is 5.32 Å². The molecule has 0 fully saturated rings. The maximum atomic E-state index is 3.40. The number of aryl methyl sites for hydroxylation is 1. The first-order chi connectivity index (χ1) is 6.40. The Bertz CT molecular complexity index is 297. The van der Waals surface area contributed by atoms with E-state index < -0.39 is 0 Å². The van der Waals surface area contributed by atoms with Gasteiger partial charge in [-0.1, -0.05) is 43.3 Å². The maximum Gasteiger partial charge on any atom is 0.0509 e. The molecule has 0 aliphatic carbocycles. The quantitative estimate of drug-likeness (QED) is 0.677. The zero-order valence-corrected chi connectivity index (χ0v) is 7.96. The van der Waals surface area contributed by atoms with Crippen molar-refractivity contribution in [3.63, 3.8) is 0 Å². The number of hydrogen-bond acceptors (Lipinski definition) is 1. The molecule has 1 aliphatic rings. The van der Waals surface area contributed by atoms with E-state index in [0.717, 1.165) is 13.0 Å². The fraction of sp³-hybridized carbons (Fsp3) is 0.333. The molecule has 1 heteroatoms. The van der Waals surface area contributed by atoms with Gasteiger partial charge in [0.25, 0.3) is 0 Å². The molecule has 13 heavy (non-hydrogen) atoms. The molecule has 1 aromatic carbocycles. The normalized spacial score (nSPS) is 20.8. The third-order valence-electron chi connectivity index (χ3n) is 2.53. The molecule has 1 N–H and O–H groups in total. The van der Waals surface area contributed by atoms with Gasteiger partial charge >= 0.3 is 0 Å². The summed E-state index contributed by atoms with van der Waals surface area (Å²) in [6, 6.07) is 9.29. The molecular weight excluding hydrogens is 158 g/mol. The van der Waals surface area contributed by atoms with Crippen LogP contribution in [0.5, 0.6) is 0 Å². The Labute approximate surface area is 79.5 Å². The van der Waals surface area contributed by atoms with E-state index in [2.05, 4.69) is 48.7 Å². The topological polar surface area (TPSA) is 12.0 Å². The standard InChI is InChI=1S/C12H15N/c1-2-10-5-7-11(8-6-10)12-4-3-9-13-12/h3-8,12-13H,2,9H2,1H3. The van der Waals surface area contributed by atoms with Gasteiger partial charge in [-0.3, -0.25) is 0 Å². The van der Waals surface area contributed by atoms with Crippen molar-refractivity contribution in [2.75, 3.05) is 6.54 Å². The fourth-order valence-electron chi connectivity index (χ4n) is 1.66. The van der Waals surface area contributed by atoms with Gasteiger partial charge in [0.1, 0.15) is 0 Å². The molecule has 1 aliphatic heterocycles. The predicted octanol–water partition coefficient (Wildman–Crippen LogP) is 2.45. The molecule has 1 heterocycles. The number of benzene rings is 1. The first-order valence-corrected chi connectivity index (χ1v) is 4.89. The highest BCUT2D eigenvalue weighted by atomic mass is 14.9. The summed E-state index contributed by atoms with van der Waals surface area (Å²) in [5, 5.41) is 3.40. The van der Waals surface area contributed by atoms with E-state index in [4.69, 9.17) is 0 Å². The second kappa shape index (κ2) is 3.75. The van der Waals surface area contributed by atoms with Crippen LogP contribution in [0.2, 0.25) is 0 Å². The van der Waals surface area contributed by atoms with Gasteiger partial charge in [-0.2, -0.15) is 0 Å². The molecule has 0 aromatic heterocycles. The second-order valence-corrected chi connectivity index (χ2v) is 3.41. The summed E-state index contributed by atoms with van der Waals surface area (Å²) in [6.07, 6.45) is 5.52. The summed E-state index contributed by atoms with van der Waals surface area (Å²) < 4.78 is 0. The van der Waals surface area contributed by atoms with Crippen molar-refractivity contribution < 1.29 is 0 Å². The lowest BCUT2D eigenvalue weighted by Gasteiger charge is -2.09. The molecule has 0 saturated carbocycles. The van der Waals surface area contributed by atoms with Crippen molar-refractivity contribution in [2.24, 2.45) is 0 Å². The average Bonchev–Trinajstić information content (AvgIpc) is 2.71. The van der Waals surface area contributed by atoms with Crippen LogP contribution < -0.4 is 5.32 Å². The van der Waals surface area contributed by atoms with E-state index in [1.807, 2.05) is 0 Å². The van der Waals surface area contributed by atoms with E-state index in [9.17, 15) is 0 Å². The average molecular weight is 173 g/mol. The summed E-state index contributed by atoms with van der Waals surface area (Å²) in [5.41, 5.74) is 2.77. The Morgan fingerprint density at radius 3 is 2.62 bits per heavy atom. The largest absolute Gasteiger partial charge is 0.303 e. The van der Waals surface area contributed by atoms with Gasteiger partial charge in [0.2, 0.25) is 0 Å². The van der Waals surface area contributed by atoms with Crippen molar-refractivity contribution in [2.45, 2.75) is 19.4 Å². The third kappa shape index (κ3) is 1.81. The van der Waals surface area contributed by atoms with E-state index >= 15 is 0 Å². The molecule has 1 nitrogen and oxygen atoms in total. The van der Waals surface area contributed by atoms with Gasteiger partial charge in [-0.25, -0.2) is 0 Å². The van der Waals surface area contributed by atoms with Crippen LogP contribution in [-0.2, 0) is 6.42 Å². The first-order valence-electron chi connectivity index (χ1n) is 4.89. The smallest absolute Gasteiger partial charge is 0.0509 e. The van der Waals surface area contributed by atoms with Crippen molar-refractivity contribution in [3.8, 4) is 0 Å². The molecule has 2 rings (SSSR count). The number of nitrogens with one attached hydrogen (secondary N) is 1. The minimum Gasteiger partial charge on any atom is -0.303 e. The van der Waals surface area contributed by atoms with Gasteiger partial charge < -0.3 is 5.32 Å². The maximum absolute atomic E-state index is 3.40. The van der Waals surface area contributed by atoms with Crippen LogP contribution in [0.3, 0.4) is 0 Å².